The van der Waals surface area contributed by atoms with Gasteiger partial charge in [0.1, 0.15) is 16.5 Å². The largest absolute Gasteiger partial charge is 0.457 e. The van der Waals surface area contributed by atoms with Gasteiger partial charge < -0.3 is 10.5 Å². The summed E-state index contributed by atoms with van der Waals surface area (Å²) in [5.74, 6) is 1.31. The average Bonchev–Trinajstić information content (AvgIpc) is 2.33. The summed E-state index contributed by atoms with van der Waals surface area (Å²) in [7, 11) is 0. The summed E-state index contributed by atoms with van der Waals surface area (Å²) in [6, 6.07) is 10.6. The summed E-state index contributed by atoms with van der Waals surface area (Å²) in [6.07, 6.45) is 0. The van der Waals surface area contributed by atoms with Crippen LogP contribution in [-0.4, -0.2) is 4.99 Å². The molecule has 0 spiro atoms. The Hall–Kier alpha value is -1.29. The van der Waals surface area contributed by atoms with Crippen molar-refractivity contribution in [1.29, 1.82) is 0 Å². The molecule has 2 aromatic rings. The summed E-state index contributed by atoms with van der Waals surface area (Å²) in [4.78, 5) is 0.263. The standard InChI is InChI=1S/C14H11Cl2NOS/c1-8-6-9(3-5-12(8)15)18-10-2-4-11(14(17)19)13(16)7-10/h2-7H,1H3,(H2,17,19). The van der Waals surface area contributed by atoms with Crippen LogP contribution in [0.5, 0.6) is 11.5 Å². The summed E-state index contributed by atoms with van der Waals surface area (Å²) < 4.78 is 5.70. The van der Waals surface area contributed by atoms with Gasteiger partial charge in [-0.2, -0.15) is 0 Å². The molecule has 0 fully saturated rings. The van der Waals surface area contributed by atoms with Gasteiger partial charge in [-0.25, -0.2) is 0 Å². The molecule has 0 bridgehead atoms. The molecule has 0 radical (unpaired) electrons. The van der Waals surface area contributed by atoms with Gasteiger partial charge in [-0.3, -0.25) is 0 Å². The van der Waals surface area contributed by atoms with Crippen molar-refractivity contribution in [2.75, 3.05) is 0 Å². The fraction of sp³-hybridized carbons (Fsp3) is 0.0714. The quantitative estimate of drug-likeness (QED) is 0.832. The van der Waals surface area contributed by atoms with Crippen LogP contribution in [0.1, 0.15) is 11.1 Å². The molecule has 0 saturated carbocycles. The van der Waals surface area contributed by atoms with Crippen molar-refractivity contribution in [2.24, 2.45) is 5.73 Å². The second-order valence-electron chi connectivity index (χ2n) is 4.02. The van der Waals surface area contributed by atoms with Gasteiger partial charge in [-0.05, 0) is 42.8 Å². The number of benzene rings is 2. The molecule has 2 aromatic carbocycles. The van der Waals surface area contributed by atoms with Crippen LogP contribution in [0.2, 0.25) is 10.0 Å². The normalized spacial score (nSPS) is 10.3. The maximum atomic E-state index is 6.08. The Bertz CT molecular complexity index is 643. The molecule has 2 rings (SSSR count). The Morgan fingerprint density at radius 1 is 1.05 bits per heavy atom. The van der Waals surface area contributed by atoms with E-state index in [2.05, 4.69) is 0 Å². The SMILES string of the molecule is Cc1cc(Oc2ccc(C(N)=S)c(Cl)c2)ccc1Cl. The topological polar surface area (TPSA) is 35.2 Å². The predicted octanol–water partition coefficient (Wildman–Crippen LogP) is 4.73. The van der Waals surface area contributed by atoms with E-state index in [9.17, 15) is 0 Å². The molecule has 0 aliphatic rings. The first kappa shape index (κ1) is 14.1. The summed E-state index contributed by atoms with van der Waals surface area (Å²) in [5.41, 5.74) is 7.13. The van der Waals surface area contributed by atoms with Gasteiger partial charge in [-0.15, -0.1) is 0 Å². The molecule has 2 nitrogen and oxygen atoms in total. The van der Waals surface area contributed by atoms with Crippen LogP contribution in [0.25, 0.3) is 0 Å². The number of hydrogen-bond acceptors (Lipinski definition) is 2. The zero-order valence-corrected chi connectivity index (χ0v) is 12.4. The molecule has 0 amide bonds. The number of thiocarbonyl (C=S) groups is 1. The Morgan fingerprint density at radius 3 is 2.26 bits per heavy atom. The average molecular weight is 312 g/mol. The van der Waals surface area contributed by atoms with Crippen molar-refractivity contribution in [3.8, 4) is 11.5 Å². The van der Waals surface area contributed by atoms with Crippen LogP contribution < -0.4 is 10.5 Å². The van der Waals surface area contributed by atoms with E-state index in [0.29, 0.717) is 27.1 Å². The lowest BCUT2D eigenvalue weighted by atomic mass is 10.2. The first-order valence-corrected chi connectivity index (χ1v) is 6.67. The number of hydrogen-bond donors (Lipinski definition) is 1. The summed E-state index contributed by atoms with van der Waals surface area (Å²) in [6.45, 7) is 1.91. The van der Waals surface area contributed by atoms with Crippen molar-refractivity contribution in [3.05, 3.63) is 57.6 Å². The highest BCUT2D eigenvalue weighted by Gasteiger charge is 2.06. The molecule has 0 unspecified atom stereocenters. The number of aryl methyl sites for hydroxylation is 1. The van der Waals surface area contributed by atoms with Crippen LogP contribution in [0.15, 0.2) is 36.4 Å². The lowest BCUT2D eigenvalue weighted by Gasteiger charge is -2.09. The van der Waals surface area contributed by atoms with Crippen LogP contribution in [0.3, 0.4) is 0 Å². The number of ether oxygens (including phenoxy) is 1. The van der Waals surface area contributed by atoms with Crippen LogP contribution in [0, 0.1) is 6.92 Å². The van der Waals surface area contributed by atoms with Gasteiger partial charge in [0.15, 0.2) is 0 Å². The highest BCUT2D eigenvalue weighted by atomic mass is 35.5. The molecule has 98 valence electrons. The lowest BCUT2D eigenvalue weighted by molar-refractivity contribution is 0.482. The zero-order valence-electron chi connectivity index (χ0n) is 10.1. The molecule has 2 N–H and O–H groups in total. The minimum atomic E-state index is 0.263. The molecule has 0 atom stereocenters. The van der Waals surface area contributed by atoms with Gasteiger partial charge in [0.05, 0.1) is 5.02 Å². The monoisotopic (exact) mass is 311 g/mol. The second-order valence-corrected chi connectivity index (χ2v) is 5.27. The molecular weight excluding hydrogens is 301 g/mol. The van der Waals surface area contributed by atoms with Crippen molar-refractivity contribution in [2.45, 2.75) is 6.92 Å². The third-order valence-corrected chi connectivity index (χ3v) is 3.53. The van der Waals surface area contributed by atoms with Crippen molar-refractivity contribution >= 4 is 40.4 Å². The fourth-order valence-corrected chi connectivity index (χ4v) is 2.20. The molecule has 0 aliphatic heterocycles. The molecule has 0 aromatic heterocycles. The van der Waals surface area contributed by atoms with Gasteiger partial charge in [-0.1, -0.05) is 35.4 Å². The third kappa shape index (κ3) is 3.38. The van der Waals surface area contributed by atoms with Crippen LogP contribution in [0.4, 0.5) is 0 Å². The minimum absolute atomic E-state index is 0.263. The van der Waals surface area contributed by atoms with E-state index >= 15 is 0 Å². The number of nitrogens with two attached hydrogens (primary N) is 1. The molecule has 5 heteroatoms. The number of rotatable bonds is 3. The molecule has 0 aliphatic carbocycles. The van der Waals surface area contributed by atoms with Crippen molar-refractivity contribution in [1.82, 2.24) is 0 Å². The van der Waals surface area contributed by atoms with E-state index in [4.69, 9.17) is 45.9 Å². The highest BCUT2D eigenvalue weighted by Crippen LogP contribution is 2.29. The van der Waals surface area contributed by atoms with E-state index in [1.807, 2.05) is 13.0 Å². The van der Waals surface area contributed by atoms with E-state index in [0.717, 1.165) is 5.56 Å². The molecule has 19 heavy (non-hydrogen) atoms. The Labute approximate surface area is 127 Å². The van der Waals surface area contributed by atoms with E-state index < -0.39 is 0 Å². The van der Waals surface area contributed by atoms with E-state index in [-0.39, 0.29) is 4.99 Å². The van der Waals surface area contributed by atoms with Crippen LogP contribution >= 0.6 is 35.4 Å². The molecule has 0 saturated heterocycles. The smallest absolute Gasteiger partial charge is 0.128 e. The summed E-state index contributed by atoms with van der Waals surface area (Å²) in [5, 5.41) is 1.17. The maximum absolute atomic E-state index is 6.08. The van der Waals surface area contributed by atoms with Gasteiger partial charge in [0.25, 0.3) is 0 Å². The second kappa shape index (κ2) is 5.78. The fourth-order valence-electron chi connectivity index (χ4n) is 1.58. The van der Waals surface area contributed by atoms with Crippen LogP contribution in [-0.2, 0) is 0 Å². The minimum Gasteiger partial charge on any atom is -0.457 e. The lowest BCUT2D eigenvalue weighted by Crippen LogP contribution is -2.09. The van der Waals surface area contributed by atoms with Crippen molar-refractivity contribution in [3.63, 3.8) is 0 Å². The Morgan fingerprint density at radius 2 is 1.68 bits per heavy atom. The van der Waals surface area contributed by atoms with E-state index in [1.54, 1.807) is 30.3 Å². The van der Waals surface area contributed by atoms with Gasteiger partial charge in [0, 0.05) is 16.7 Å². The maximum Gasteiger partial charge on any atom is 0.128 e. The first-order valence-electron chi connectivity index (χ1n) is 5.51. The highest BCUT2D eigenvalue weighted by molar-refractivity contribution is 7.80. The molecule has 0 heterocycles. The Kier molecular flexibility index (Phi) is 4.30. The first-order chi connectivity index (χ1) is 8.97. The summed E-state index contributed by atoms with van der Waals surface area (Å²) >= 11 is 16.9. The number of halogens is 2. The third-order valence-electron chi connectivity index (χ3n) is 2.57. The Balaban J connectivity index is 2.26. The van der Waals surface area contributed by atoms with Crippen molar-refractivity contribution < 1.29 is 4.74 Å². The van der Waals surface area contributed by atoms with E-state index in [1.165, 1.54) is 0 Å². The molecular formula is C14H11Cl2NOS. The zero-order chi connectivity index (χ0) is 14.0. The van der Waals surface area contributed by atoms with Gasteiger partial charge in [0.2, 0.25) is 0 Å². The predicted molar refractivity (Wildman–Crippen MR) is 83.6 cm³/mol. The van der Waals surface area contributed by atoms with Gasteiger partial charge >= 0.3 is 0 Å².